The summed E-state index contributed by atoms with van der Waals surface area (Å²) in [6.07, 6.45) is 12.3. The number of hydrogen-bond donors (Lipinski definition) is 0. The first-order valence-electron chi connectivity index (χ1n) is 13.4. The smallest absolute Gasteiger partial charge is 0.258 e. The van der Waals surface area contributed by atoms with E-state index in [1.807, 2.05) is 33.7 Å². The molecule has 3 aromatic rings. The van der Waals surface area contributed by atoms with Crippen LogP contribution < -0.4 is 9.64 Å². The molecule has 0 radical (unpaired) electrons. The third-order valence-electron chi connectivity index (χ3n) is 7.85. The van der Waals surface area contributed by atoms with Crippen LogP contribution in [0.4, 0.5) is 5.82 Å². The fourth-order valence-corrected chi connectivity index (χ4v) is 6.00. The third kappa shape index (κ3) is 4.37. The zero-order valence-electron chi connectivity index (χ0n) is 20.7. The number of aromatic nitrogens is 3. The quantitative estimate of drug-likeness (QED) is 0.501. The van der Waals surface area contributed by atoms with E-state index in [2.05, 4.69) is 24.1 Å². The number of aryl methyl sites for hydroxylation is 1. The fourth-order valence-electron chi connectivity index (χ4n) is 6.00. The van der Waals surface area contributed by atoms with Crippen molar-refractivity contribution in [2.75, 3.05) is 24.5 Å². The molecule has 6 rings (SSSR count). The van der Waals surface area contributed by atoms with E-state index >= 15 is 0 Å². The normalized spacial score (nSPS) is 21.2. The molecule has 0 N–H and O–H groups in total. The van der Waals surface area contributed by atoms with Gasteiger partial charge < -0.3 is 14.5 Å². The van der Waals surface area contributed by atoms with Crippen molar-refractivity contribution in [3.8, 4) is 5.75 Å². The summed E-state index contributed by atoms with van der Waals surface area (Å²) in [7, 11) is 0. The Morgan fingerprint density at radius 3 is 2.54 bits per heavy atom. The number of fused-ring (bicyclic) bond motifs is 1. The number of carbonyl (C=O) groups is 1. The molecule has 3 fully saturated rings. The van der Waals surface area contributed by atoms with Crippen LogP contribution in [0.1, 0.15) is 85.4 Å². The van der Waals surface area contributed by atoms with Gasteiger partial charge in [-0.2, -0.15) is 5.10 Å². The Morgan fingerprint density at radius 1 is 0.971 bits per heavy atom. The SMILES string of the molecule is Cc1cn2nc(C3CCCCN3C(=O)c3ccccc3OC3CCCC3)cc2nc1N1CCCC1. The highest BCUT2D eigenvalue weighted by molar-refractivity contribution is 5.97. The van der Waals surface area contributed by atoms with Gasteiger partial charge in [-0.3, -0.25) is 4.79 Å². The molecule has 1 aliphatic carbocycles. The lowest BCUT2D eigenvalue weighted by molar-refractivity contribution is 0.0598. The van der Waals surface area contributed by atoms with Gasteiger partial charge in [0.15, 0.2) is 5.65 Å². The van der Waals surface area contributed by atoms with Crippen LogP contribution in [0.3, 0.4) is 0 Å². The molecule has 2 saturated heterocycles. The number of ether oxygens (including phenoxy) is 1. The van der Waals surface area contributed by atoms with Crippen LogP contribution in [-0.4, -0.2) is 51.1 Å². The molecule has 1 aromatic carbocycles. The standard InChI is InChI=1S/C28H35N5O2/c1-20-19-33-26(29-27(20)31-15-8-9-16-31)18-23(30-33)24-13-6-7-17-32(24)28(34)22-12-4-5-14-25(22)35-21-10-2-3-11-21/h4-5,12,14,18-19,21,24H,2-3,6-11,13,15-17H2,1H3. The number of piperidine rings is 1. The lowest BCUT2D eigenvalue weighted by Crippen LogP contribution is -2.39. The van der Waals surface area contributed by atoms with E-state index in [0.29, 0.717) is 5.56 Å². The summed E-state index contributed by atoms with van der Waals surface area (Å²) in [5.74, 6) is 1.83. The Balaban J connectivity index is 1.29. The Labute approximate surface area is 207 Å². The summed E-state index contributed by atoms with van der Waals surface area (Å²) in [6, 6.07) is 9.79. The lowest BCUT2D eigenvalue weighted by Gasteiger charge is -2.35. The van der Waals surface area contributed by atoms with Crippen molar-refractivity contribution in [1.29, 1.82) is 0 Å². The van der Waals surface area contributed by atoms with Crippen molar-refractivity contribution in [3.05, 3.63) is 53.3 Å². The molecule has 184 valence electrons. The number of hydrogen-bond acceptors (Lipinski definition) is 5. The maximum Gasteiger partial charge on any atom is 0.258 e. The number of anilines is 1. The average Bonchev–Trinajstić information content (AvgIpc) is 3.65. The van der Waals surface area contributed by atoms with Gasteiger partial charge in [0.25, 0.3) is 5.91 Å². The van der Waals surface area contributed by atoms with E-state index in [9.17, 15) is 4.79 Å². The van der Waals surface area contributed by atoms with Crippen LogP contribution in [0, 0.1) is 6.92 Å². The molecule has 2 aromatic heterocycles. The highest BCUT2D eigenvalue weighted by Crippen LogP contribution is 2.35. The van der Waals surface area contributed by atoms with E-state index in [0.717, 1.165) is 80.2 Å². The van der Waals surface area contributed by atoms with Crippen molar-refractivity contribution < 1.29 is 9.53 Å². The number of para-hydroxylation sites is 1. The van der Waals surface area contributed by atoms with Gasteiger partial charge in [-0.15, -0.1) is 0 Å². The molecule has 1 atom stereocenters. The molecule has 0 bridgehead atoms. The minimum absolute atomic E-state index is 0.0437. The molecule has 2 aliphatic heterocycles. The largest absolute Gasteiger partial charge is 0.490 e. The molecule has 4 heterocycles. The van der Waals surface area contributed by atoms with E-state index in [-0.39, 0.29) is 18.1 Å². The summed E-state index contributed by atoms with van der Waals surface area (Å²) < 4.78 is 8.19. The summed E-state index contributed by atoms with van der Waals surface area (Å²) in [6.45, 7) is 4.98. The molecule has 1 unspecified atom stereocenters. The van der Waals surface area contributed by atoms with Gasteiger partial charge in [-0.1, -0.05) is 12.1 Å². The number of benzene rings is 1. The van der Waals surface area contributed by atoms with Gasteiger partial charge in [0, 0.05) is 37.5 Å². The molecule has 1 amide bonds. The third-order valence-corrected chi connectivity index (χ3v) is 7.85. The lowest BCUT2D eigenvalue weighted by atomic mass is 9.98. The zero-order chi connectivity index (χ0) is 23.8. The Kier molecular flexibility index (Phi) is 6.08. The average molecular weight is 474 g/mol. The first-order valence-corrected chi connectivity index (χ1v) is 13.4. The predicted octanol–water partition coefficient (Wildman–Crippen LogP) is 5.33. The van der Waals surface area contributed by atoms with Gasteiger partial charge in [0.2, 0.25) is 0 Å². The molecule has 7 heteroatoms. The van der Waals surface area contributed by atoms with Crippen molar-refractivity contribution >= 4 is 17.4 Å². The van der Waals surface area contributed by atoms with Crippen molar-refractivity contribution in [2.24, 2.45) is 0 Å². The predicted molar refractivity (Wildman–Crippen MR) is 136 cm³/mol. The maximum absolute atomic E-state index is 13.9. The number of carbonyl (C=O) groups excluding carboxylic acids is 1. The van der Waals surface area contributed by atoms with Crippen LogP contribution in [0.2, 0.25) is 0 Å². The topological polar surface area (TPSA) is 63.0 Å². The van der Waals surface area contributed by atoms with Crippen LogP contribution in [0.5, 0.6) is 5.75 Å². The first-order chi connectivity index (χ1) is 17.2. The maximum atomic E-state index is 13.9. The monoisotopic (exact) mass is 473 g/mol. The van der Waals surface area contributed by atoms with Gasteiger partial charge in [-0.05, 0) is 76.8 Å². The molecular formula is C28H35N5O2. The van der Waals surface area contributed by atoms with E-state index in [4.69, 9.17) is 14.8 Å². The van der Waals surface area contributed by atoms with Gasteiger partial charge in [0.1, 0.15) is 11.6 Å². The molecule has 3 aliphatic rings. The number of nitrogens with zero attached hydrogens (tertiary/aromatic N) is 5. The Bertz CT molecular complexity index is 1210. The number of likely N-dealkylation sites (tertiary alicyclic amines) is 1. The number of rotatable bonds is 5. The highest BCUT2D eigenvalue weighted by Gasteiger charge is 2.32. The van der Waals surface area contributed by atoms with Crippen LogP contribution >= 0.6 is 0 Å². The first kappa shape index (κ1) is 22.4. The molecular weight excluding hydrogens is 438 g/mol. The van der Waals surface area contributed by atoms with Crippen LogP contribution in [0.25, 0.3) is 5.65 Å². The van der Waals surface area contributed by atoms with Crippen molar-refractivity contribution in [1.82, 2.24) is 19.5 Å². The molecule has 0 spiro atoms. The zero-order valence-corrected chi connectivity index (χ0v) is 20.7. The summed E-state index contributed by atoms with van der Waals surface area (Å²) >= 11 is 0. The van der Waals surface area contributed by atoms with E-state index in [1.165, 1.54) is 25.7 Å². The van der Waals surface area contributed by atoms with E-state index < -0.39 is 0 Å². The van der Waals surface area contributed by atoms with Crippen LogP contribution in [-0.2, 0) is 0 Å². The second-order valence-corrected chi connectivity index (χ2v) is 10.3. The molecule has 7 nitrogen and oxygen atoms in total. The number of amides is 1. The van der Waals surface area contributed by atoms with Gasteiger partial charge in [0.05, 0.1) is 23.4 Å². The van der Waals surface area contributed by atoms with Crippen molar-refractivity contribution in [2.45, 2.75) is 76.9 Å². The second-order valence-electron chi connectivity index (χ2n) is 10.3. The molecule has 35 heavy (non-hydrogen) atoms. The van der Waals surface area contributed by atoms with Crippen molar-refractivity contribution in [3.63, 3.8) is 0 Å². The molecule has 1 saturated carbocycles. The Morgan fingerprint density at radius 2 is 1.71 bits per heavy atom. The summed E-state index contributed by atoms with van der Waals surface area (Å²) in [5.41, 5.74) is 3.59. The minimum atomic E-state index is -0.0481. The van der Waals surface area contributed by atoms with E-state index in [1.54, 1.807) is 0 Å². The summed E-state index contributed by atoms with van der Waals surface area (Å²) in [4.78, 5) is 23.2. The van der Waals surface area contributed by atoms with Gasteiger partial charge >= 0.3 is 0 Å². The second kappa shape index (κ2) is 9.51. The van der Waals surface area contributed by atoms with Crippen LogP contribution in [0.15, 0.2) is 36.5 Å². The summed E-state index contributed by atoms with van der Waals surface area (Å²) in [5, 5.41) is 4.91. The Hall–Kier alpha value is -3.09. The van der Waals surface area contributed by atoms with Gasteiger partial charge in [-0.25, -0.2) is 9.50 Å². The fraction of sp³-hybridized carbons (Fsp3) is 0.536. The highest BCUT2D eigenvalue weighted by atomic mass is 16.5. The minimum Gasteiger partial charge on any atom is -0.490 e.